The molecule has 36 heavy (non-hydrogen) atoms. The molecule has 9 nitrogen and oxygen atoms in total. The van der Waals surface area contributed by atoms with Gasteiger partial charge in [-0.25, -0.2) is 13.6 Å². The third kappa shape index (κ3) is 7.49. The Kier molecular flexibility index (Phi) is 8.93. The molecule has 3 aromatic carbocycles. The summed E-state index contributed by atoms with van der Waals surface area (Å²) in [6, 6.07) is 20.5. The summed E-state index contributed by atoms with van der Waals surface area (Å²) in [4.78, 5) is 37.2. The molecule has 0 aliphatic heterocycles. The summed E-state index contributed by atoms with van der Waals surface area (Å²) in [6.45, 7) is 1.94. The van der Waals surface area contributed by atoms with E-state index < -0.39 is 21.8 Å². The van der Waals surface area contributed by atoms with Gasteiger partial charge in [-0.1, -0.05) is 66.7 Å². The third-order valence-electron chi connectivity index (χ3n) is 5.43. The van der Waals surface area contributed by atoms with E-state index in [2.05, 4.69) is 16.0 Å². The van der Waals surface area contributed by atoms with Crippen LogP contribution in [0.25, 0.3) is 10.8 Å². The predicted molar refractivity (Wildman–Crippen MR) is 138 cm³/mol. The maximum atomic E-state index is 13.1. The fourth-order valence-electron chi connectivity index (χ4n) is 3.68. The van der Waals surface area contributed by atoms with Crippen molar-refractivity contribution in [2.24, 2.45) is 5.14 Å². The van der Waals surface area contributed by atoms with E-state index in [9.17, 15) is 22.8 Å². The van der Waals surface area contributed by atoms with Crippen LogP contribution in [0, 0.1) is 0 Å². The molecule has 3 rings (SSSR count). The second kappa shape index (κ2) is 12.1. The van der Waals surface area contributed by atoms with E-state index in [-0.39, 0.29) is 31.5 Å². The van der Waals surface area contributed by atoms with Crippen LogP contribution in [0.1, 0.15) is 40.9 Å². The Morgan fingerprint density at radius 2 is 1.58 bits per heavy atom. The summed E-state index contributed by atoms with van der Waals surface area (Å²) in [6.07, 6.45) is 1.47. The van der Waals surface area contributed by atoms with E-state index >= 15 is 0 Å². The van der Waals surface area contributed by atoms with E-state index in [1.165, 1.54) is 6.08 Å². The molecule has 0 spiro atoms. The van der Waals surface area contributed by atoms with Gasteiger partial charge in [-0.15, -0.1) is 0 Å². The molecule has 0 aliphatic carbocycles. The highest BCUT2D eigenvalue weighted by molar-refractivity contribution is 7.92. The molecular formula is C26H28N4O5S. The molecule has 188 valence electrons. The van der Waals surface area contributed by atoms with Crippen molar-refractivity contribution in [3.63, 3.8) is 0 Å². The number of sulfonamides is 1. The van der Waals surface area contributed by atoms with Gasteiger partial charge in [0.2, 0.25) is 10.0 Å². The van der Waals surface area contributed by atoms with Gasteiger partial charge in [-0.05, 0) is 41.3 Å². The predicted octanol–water partition coefficient (Wildman–Crippen LogP) is 2.26. The lowest BCUT2D eigenvalue weighted by molar-refractivity contribution is -0.139. The molecule has 0 aromatic heterocycles. The van der Waals surface area contributed by atoms with Crippen LogP contribution in [0.4, 0.5) is 0 Å². The quantitative estimate of drug-likeness (QED) is 0.259. The molecule has 0 aliphatic rings. The Balaban J connectivity index is 1.59. The fourth-order valence-corrected chi connectivity index (χ4v) is 4.09. The fraction of sp³-hybridized carbons (Fsp3) is 0.192. The van der Waals surface area contributed by atoms with Gasteiger partial charge in [0, 0.05) is 24.1 Å². The highest BCUT2D eigenvalue weighted by Crippen LogP contribution is 2.24. The molecule has 0 bridgehead atoms. The maximum absolute atomic E-state index is 13.1. The Labute approximate surface area is 209 Å². The first-order valence-electron chi connectivity index (χ1n) is 11.3. The topological polar surface area (TPSA) is 147 Å². The minimum absolute atomic E-state index is 0.0240. The first-order chi connectivity index (χ1) is 17.2. The largest absolute Gasteiger partial charge is 0.348 e. The van der Waals surface area contributed by atoms with Gasteiger partial charge in [0.1, 0.15) is 0 Å². The number of hydrogen-bond donors (Lipinski definition) is 4. The van der Waals surface area contributed by atoms with Gasteiger partial charge in [0.15, 0.2) is 0 Å². The Hall–Kier alpha value is -4.02. The highest BCUT2D eigenvalue weighted by Gasteiger charge is 2.18. The monoisotopic (exact) mass is 508 g/mol. The molecule has 0 unspecified atom stereocenters. The van der Waals surface area contributed by atoms with Crippen LogP contribution in [0.5, 0.6) is 0 Å². The number of fused-ring (bicyclic) bond motifs is 1. The summed E-state index contributed by atoms with van der Waals surface area (Å²) >= 11 is 0. The number of rotatable bonds is 9. The van der Waals surface area contributed by atoms with Gasteiger partial charge in [-0.2, -0.15) is 0 Å². The lowest BCUT2D eigenvalue weighted by Gasteiger charge is -2.18. The lowest BCUT2D eigenvalue weighted by atomic mass is 9.99. The molecule has 0 saturated heterocycles. The summed E-state index contributed by atoms with van der Waals surface area (Å²) in [5.41, 5.74) is 1.93. The molecule has 1 atom stereocenters. The smallest absolute Gasteiger partial charge is 0.309 e. The zero-order chi connectivity index (χ0) is 26.1. The van der Waals surface area contributed by atoms with Crippen molar-refractivity contribution in [2.45, 2.75) is 25.9 Å². The lowest BCUT2D eigenvalue weighted by Crippen LogP contribution is -2.40. The number of carbonyl (C=O) groups excluding carboxylic acids is 3. The number of amides is 3. The number of primary sulfonamides is 1. The standard InChI is InChI=1S/C26H28N4O5S/c1-18(21-14-8-11-19-9-2-4-12-22(19)21)30-24(31)23-13-5-3-10-20(23)17-29-26(33)25(32)28-15-6-7-16-36(27,34)35/h2-5,7-14,16,18H,6,15,17H2,1H3,(H,28,32)(H,29,33)(H,30,31)(H2,27,34,35)/b16-7+/t18-/m1/s1. The van der Waals surface area contributed by atoms with E-state index in [0.29, 0.717) is 11.1 Å². The van der Waals surface area contributed by atoms with Crippen molar-refractivity contribution < 1.29 is 22.8 Å². The second-order valence-electron chi connectivity index (χ2n) is 8.11. The van der Waals surface area contributed by atoms with Crippen LogP contribution in [0.15, 0.2) is 78.2 Å². The zero-order valence-electron chi connectivity index (χ0n) is 19.7. The van der Waals surface area contributed by atoms with Gasteiger partial charge in [0.25, 0.3) is 5.91 Å². The van der Waals surface area contributed by atoms with Gasteiger partial charge < -0.3 is 16.0 Å². The van der Waals surface area contributed by atoms with Crippen molar-refractivity contribution in [1.29, 1.82) is 0 Å². The summed E-state index contributed by atoms with van der Waals surface area (Å²) < 4.78 is 21.7. The first kappa shape index (κ1) is 26.6. The van der Waals surface area contributed by atoms with Crippen LogP contribution in [0.3, 0.4) is 0 Å². The van der Waals surface area contributed by atoms with E-state index in [4.69, 9.17) is 5.14 Å². The average Bonchev–Trinajstić information content (AvgIpc) is 2.86. The minimum Gasteiger partial charge on any atom is -0.348 e. The van der Waals surface area contributed by atoms with Crippen molar-refractivity contribution in [3.05, 3.63) is 94.9 Å². The molecule has 0 fully saturated rings. The first-order valence-corrected chi connectivity index (χ1v) is 12.9. The summed E-state index contributed by atoms with van der Waals surface area (Å²) in [5, 5.41) is 15.7. The van der Waals surface area contributed by atoms with Crippen LogP contribution in [0.2, 0.25) is 0 Å². The maximum Gasteiger partial charge on any atom is 0.309 e. The van der Waals surface area contributed by atoms with Crippen molar-refractivity contribution in [1.82, 2.24) is 16.0 Å². The summed E-state index contributed by atoms with van der Waals surface area (Å²) in [7, 11) is -3.73. The highest BCUT2D eigenvalue weighted by atomic mass is 32.2. The van der Waals surface area contributed by atoms with Gasteiger partial charge in [0.05, 0.1) is 6.04 Å². The van der Waals surface area contributed by atoms with E-state index in [0.717, 1.165) is 21.7 Å². The third-order valence-corrected chi connectivity index (χ3v) is 6.00. The number of carbonyl (C=O) groups is 3. The summed E-state index contributed by atoms with van der Waals surface area (Å²) in [5.74, 6) is -2.04. The molecule has 3 amide bonds. The van der Waals surface area contributed by atoms with E-state index in [1.807, 2.05) is 49.4 Å². The SMILES string of the molecule is C[C@@H](NC(=O)c1ccccc1CNC(=O)C(=O)NCC/C=C/S(N)(=O)=O)c1cccc2ccccc12. The average molecular weight is 509 g/mol. The zero-order valence-corrected chi connectivity index (χ0v) is 20.5. The molecule has 3 aromatic rings. The van der Waals surface area contributed by atoms with Gasteiger partial charge in [-0.3, -0.25) is 14.4 Å². The minimum atomic E-state index is -3.73. The molecule has 0 saturated carbocycles. The van der Waals surface area contributed by atoms with Crippen molar-refractivity contribution >= 4 is 38.5 Å². The number of hydrogen-bond acceptors (Lipinski definition) is 5. The molecule has 0 radical (unpaired) electrons. The van der Waals surface area contributed by atoms with Crippen LogP contribution >= 0.6 is 0 Å². The second-order valence-corrected chi connectivity index (χ2v) is 9.56. The molecule has 5 N–H and O–H groups in total. The van der Waals surface area contributed by atoms with E-state index in [1.54, 1.807) is 24.3 Å². The normalized spacial score (nSPS) is 12.3. The Bertz CT molecular complexity index is 1400. The van der Waals surface area contributed by atoms with Crippen molar-refractivity contribution in [2.75, 3.05) is 6.54 Å². The van der Waals surface area contributed by atoms with Crippen molar-refractivity contribution in [3.8, 4) is 0 Å². The van der Waals surface area contributed by atoms with Crippen LogP contribution in [-0.2, 0) is 26.2 Å². The number of benzene rings is 3. The molecule has 0 heterocycles. The number of nitrogens with two attached hydrogens (primary N) is 1. The Morgan fingerprint density at radius 3 is 2.36 bits per heavy atom. The van der Waals surface area contributed by atoms with Crippen LogP contribution in [-0.4, -0.2) is 32.7 Å². The van der Waals surface area contributed by atoms with Gasteiger partial charge >= 0.3 is 11.8 Å². The number of nitrogens with one attached hydrogen (secondary N) is 3. The van der Waals surface area contributed by atoms with Crippen LogP contribution < -0.4 is 21.1 Å². The molecule has 10 heteroatoms. The molecular weight excluding hydrogens is 480 g/mol. The Morgan fingerprint density at radius 1 is 0.917 bits per heavy atom.